The molecule has 1 N–H and O–H groups in total. The van der Waals surface area contributed by atoms with Crippen LogP contribution in [0.3, 0.4) is 0 Å². The van der Waals surface area contributed by atoms with Crippen LogP contribution in [0, 0.1) is 23.2 Å². The smallest absolute Gasteiger partial charge is 0.161 e. The molecular formula is C27H33Cl2NO2. The quantitative estimate of drug-likeness (QED) is 0.436. The zero-order valence-electron chi connectivity index (χ0n) is 19.0. The van der Waals surface area contributed by atoms with Crippen molar-refractivity contribution in [1.82, 2.24) is 5.32 Å². The molecule has 172 valence electrons. The van der Waals surface area contributed by atoms with Gasteiger partial charge in [-0.15, -0.1) is 0 Å². The van der Waals surface area contributed by atoms with Crippen molar-refractivity contribution in [3.05, 3.63) is 57.6 Å². The SMILES string of the molecule is COc1cc(CN[C@H](C)C23CC4CC(CC(C4)C2)C3)ccc1OCc1ccc(Cl)cc1Cl. The molecule has 2 aromatic rings. The van der Waals surface area contributed by atoms with E-state index in [1.54, 1.807) is 13.2 Å². The van der Waals surface area contributed by atoms with Crippen molar-refractivity contribution in [3.8, 4) is 11.5 Å². The maximum absolute atomic E-state index is 6.27. The molecule has 3 nitrogen and oxygen atoms in total. The Hall–Kier alpha value is -1.42. The normalized spacial score (nSPS) is 29.2. The van der Waals surface area contributed by atoms with Crippen molar-refractivity contribution >= 4 is 23.2 Å². The summed E-state index contributed by atoms with van der Waals surface area (Å²) in [6, 6.07) is 12.2. The first kappa shape index (κ1) is 22.4. The molecule has 0 spiro atoms. The highest BCUT2D eigenvalue weighted by atomic mass is 35.5. The van der Waals surface area contributed by atoms with Gasteiger partial charge in [0.2, 0.25) is 0 Å². The van der Waals surface area contributed by atoms with Crippen molar-refractivity contribution < 1.29 is 9.47 Å². The van der Waals surface area contributed by atoms with Crippen LogP contribution in [-0.2, 0) is 13.2 Å². The van der Waals surface area contributed by atoms with Crippen molar-refractivity contribution in [2.45, 2.75) is 64.6 Å². The van der Waals surface area contributed by atoms with E-state index in [0.717, 1.165) is 41.4 Å². The summed E-state index contributed by atoms with van der Waals surface area (Å²) in [4.78, 5) is 0. The lowest BCUT2D eigenvalue weighted by Crippen LogP contribution is -2.54. The van der Waals surface area contributed by atoms with Crippen molar-refractivity contribution in [2.24, 2.45) is 23.2 Å². The summed E-state index contributed by atoms with van der Waals surface area (Å²) < 4.78 is 11.6. The first-order chi connectivity index (χ1) is 15.4. The minimum absolute atomic E-state index is 0.368. The number of hydrogen-bond acceptors (Lipinski definition) is 3. The van der Waals surface area contributed by atoms with Crippen LogP contribution in [0.4, 0.5) is 0 Å². The lowest BCUT2D eigenvalue weighted by molar-refractivity contribution is -0.0706. The highest BCUT2D eigenvalue weighted by molar-refractivity contribution is 6.35. The topological polar surface area (TPSA) is 30.5 Å². The van der Waals surface area contributed by atoms with E-state index in [1.165, 1.54) is 44.1 Å². The molecule has 5 heteroatoms. The monoisotopic (exact) mass is 473 g/mol. The maximum atomic E-state index is 6.27. The largest absolute Gasteiger partial charge is 0.493 e. The zero-order chi connectivity index (χ0) is 22.3. The minimum Gasteiger partial charge on any atom is -0.493 e. The molecule has 32 heavy (non-hydrogen) atoms. The van der Waals surface area contributed by atoms with Crippen LogP contribution in [0.2, 0.25) is 10.0 Å². The molecule has 4 saturated carbocycles. The van der Waals surface area contributed by atoms with Crippen LogP contribution in [0.5, 0.6) is 11.5 Å². The van der Waals surface area contributed by atoms with Crippen LogP contribution in [0.15, 0.2) is 36.4 Å². The van der Waals surface area contributed by atoms with Gasteiger partial charge in [-0.3, -0.25) is 0 Å². The van der Waals surface area contributed by atoms with Gasteiger partial charge in [-0.25, -0.2) is 0 Å². The lowest BCUT2D eigenvalue weighted by Gasteiger charge is -2.59. The van der Waals surface area contributed by atoms with Crippen molar-refractivity contribution in [2.75, 3.05) is 7.11 Å². The zero-order valence-corrected chi connectivity index (χ0v) is 20.5. The van der Waals surface area contributed by atoms with Crippen LogP contribution in [0.1, 0.15) is 56.6 Å². The molecule has 0 aromatic heterocycles. The van der Waals surface area contributed by atoms with Crippen LogP contribution in [-0.4, -0.2) is 13.2 Å². The Morgan fingerprint density at radius 2 is 1.66 bits per heavy atom. The first-order valence-corrected chi connectivity index (χ1v) is 12.7. The highest BCUT2D eigenvalue weighted by Crippen LogP contribution is 2.61. The molecule has 4 aliphatic rings. The summed E-state index contributed by atoms with van der Waals surface area (Å²) in [5.41, 5.74) is 2.63. The fourth-order valence-electron chi connectivity index (χ4n) is 6.93. The van der Waals surface area contributed by atoms with Crippen LogP contribution < -0.4 is 14.8 Å². The van der Waals surface area contributed by atoms with Crippen LogP contribution >= 0.6 is 23.2 Å². The molecule has 0 unspecified atom stereocenters. The van der Waals surface area contributed by atoms with E-state index in [1.807, 2.05) is 18.2 Å². The van der Waals surface area contributed by atoms with Crippen molar-refractivity contribution in [3.63, 3.8) is 0 Å². The van der Waals surface area contributed by atoms with Gasteiger partial charge in [-0.05, 0) is 98.4 Å². The van der Waals surface area contributed by atoms with Gasteiger partial charge in [-0.1, -0.05) is 35.3 Å². The van der Waals surface area contributed by atoms with E-state index >= 15 is 0 Å². The molecule has 0 saturated heterocycles. The summed E-state index contributed by atoms with van der Waals surface area (Å²) in [5.74, 6) is 4.41. The van der Waals surface area contributed by atoms with Gasteiger partial charge < -0.3 is 14.8 Å². The number of benzene rings is 2. The Balaban J connectivity index is 1.21. The fourth-order valence-corrected chi connectivity index (χ4v) is 7.39. The van der Waals surface area contributed by atoms with Crippen molar-refractivity contribution in [1.29, 1.82) is 0 Å². The highest BCUT2D eigenvalue weighted by Gasteiger charge is 2.52. The standard InChI is InChI=1S/C27H33Cl2NO2/c1-17(27-12-19-7-20(13-27)9-21(8-19)14-27)30-15-18-3-6-25(26(10-18)31-2)32-16-22-4-5-23(28)11-24(22)29/h3-6,10-11,17,19-21,30H,7-9,12-16H2,1-2H3/t17-,19?,20?,21?,27?/m1/s1. The van der Waals surface area contributed by atoms with Gasteiger partial charge in [0.05, 0.1) is 7.11 Å². The molecule has 0 amide bonds. The van der Waals surface area contributed by atoms with E-state index in [4.69, 9.17) is 32.7 Å². The Kier molecular flexibility index (Phi) is 6.35. The average molecular weight is 474 g/mol. The fraction of sp³-hybridized carbons (Fsp3) is 0.556. The van der Waals surface area contributed by atoms with E-state index in [0.29, 0.717) is 28.1 Å². The van der Waals surface area contributed by atoms with E-state index in [9.17, 15) is 0 Å². The average Bonchev–Trinajstić information content (AvgIpc) is 2.76. The minimum atomic E-state index is 0.368. The number of methoxy groups -OCH3 is 1. The molecule has 4 fully saturated rings. The third-order valence-electron chi connectivity index (χ3n) is 8.24. The van der Waals surface area contributed by atoms with Gasteiger partial charge in [0, 0.05) is 28.2 Å². The second kappa shape index (κ2) is 9.08. The molecule has 4 aliphatic carbocycles. The number of hydrogen-bond donors (Lipinski definition) is 1. The van der Waals surface area contributed by atoms with Gasteiger partial charge in [-0.2, -0.15) is 0 Å². The van der Waals surface area contributed by atoms with Gasteiger partial charge >= 0.3 is 0 Å². The first-order valence-electron chi connectivity index (χ1n) is 11.9. The molecule has 6 rings (SSSR count). The number of rotatable bonds is 8. The maximum Gasteiger partial charge on any atom is 0.161 e. The van der Waals surface area contributed by atoms with E-state index < -0.39 is 0 Å². The molecule has 0 aliphatic heterocycles. The van der Waals surface area contributed by atoms with E-state index in [-0.39, 0.29) is 0 Å². The van der Waals surface area contributed by atoms with Gasteiger partial charge in [0.25, 0.3) is 0 Å². The molecule has 1 atom stereocenters. The molecular weight excluding hydrogens is 441 g/mol. The third kappa shape index (κ3) is 4.49. The molecule has 2 aromatic carbocycles. The summed E-state index contributed by atoms with van der Waals surface area (Å²) in [6.07, 6.45) is 8.76. The summed E-state index contributed by atoms with van der Waals surface area (Å²) >= 11 is 12.3. The predicted octanol–water partition coefficient (Wildman–Crippen LogP) is 7.28. The van der Waals surface area contributed by atoms with E-state index in [2.05, 4.69) is 24.4 Å². The summed E-state index contributed by atoms with van der Waals surface area (Å²) in [7, 11) is 1.69. The molecule has 0 heterocycles. The second-order valence-corrected chi connectivity index (χ2v) is 11.2. The summed E-state index contributed by atoms with van der Waals surface area (Å²) in [5, 5.41) is 5.10. The van der Waals surface area contributed by atoms with Crippen LogP contribution in [0.25, 0.3) is 0 Å². The molecule has 4 bridgehead atoms. The third-order valence-corrected chi connectivity index (χ3v) is 8.83. The Morgan fingerprint density at radius 1 is 0.969 bits per heavy atom. The molecule has 0 radical (unpaired) electrons. The Bertz CT molecular complexity index is 941. The number of ether oxygens (including phenoxy) is 2. The van der Waals surface area contributed by atoms with Gasteiger partial charge in [0.1, 0.15) is 6.61 Å². The Labute approximate surface area is 201 Å². The van der Waals surface area contributed by atoms with Gasteiger partial charge in [0.15, 0.2) is 11.5 Å². The second-order valence-electron chi connectivity index (χ2n) is 10.4. The summed E-state index contributed by atoms with van der Waals surface area (Å²) in [6.45, 7) is 3.63. The predicted molar refractivity (Wildman–Crippen MR) is 131 cm³/mol. The number of halogens is 2. The Morgan fingerprint density at radius 3 is 2.28 bits per heavy atom. The number of nitrogens with one attached hydrogen (secondary N) is 1. The lowest BCUT2D eigenvalue weighted by atomic mass is 9.48.